The molecule has 1 amide bonds. The van der Waals surface area contributed by atoms with Crippen LogP contribution in [0.15, 0.2) is 47.6 Å². The Morgan fingerprint density at radius 3 is 1.37 bits per heavy atom. The molecule has 0 spiro atoms. The first-order valence-corrected chi connectivity index (χ1v) is 50.9. The number of halogens is 2. The zero-order valence-electron chi connectivity index (χ0n) is 63.2. The summed E-state index contributed by atoms with van der Waals surface area (Å²) >= 11 is 21.4. The number of nitrogen functional groups attached to an aromatic ring is 3. The molecular formula is C58H82B2F2N20O22P4S4Si2-4. The third kappa shape index (κ3) is 19.0. The number of aromatic nitrogens is 16. The molecule has 14 heterocycles. The van der Waals surface area contributed by atoms with Gasteiger partial charge >= 0.3 is 0 Å². The number of hydrogen-bond acceptors (Lipinski definition) is 39. The lowest BCUT2D eigenvalue weighted by atomic mass is 9.81. The molecule has 0 saturated carbocycles. The second-order valence-electron chi connectivity index (χ2n) is 29.7. The van der Waals surface area contributed by atoms with E-state index in [1.807, 2.05) is 67.7 Å². The molecule has 8 aromatic rings. The number of imidazole rings is 4. The van der Waals surface area contributed by atoms with E-state index in [-0.39, 0.29) is 84.9 Å². The number of ether oxygens (including phenoxy) is 4. The number of anilines is 4. The molecule has 6 saturated heterocycles. The maximum Gasteiger partial charge on any atom is 0.280 e. The lowest BCUT2D eigenvalue weighted by molar-refractivity contribution is -0.222. The summed E-state index contributed by atoms with van der Waals surface area (Å²) in [5.74, 6) is -1.15. The molecule has 56 heteroatoms. The minimum atomic E-state index is -4.61. The van der Waals surface area contributed by atoms with E-state index >= 15 is 8.78 Å². The third-order valence-electron chi connectivity index (χ3n) is 19.7. The fourth-order valence-corrected chi connectivity index (χ4v) is 20.4. The van der Waals surface area contributed by atoms with E-state index in [2.05, 4.69) is 80.6 Å². The lowest BCUT2D eigenvalue weighted by Crippen LogP contribution is -2.50. The fourth-order valence-electron chi connectivity index (χ4n) is 12.1. The summed E-state index contributed by atoms with van der Waals surface area (Å²) in [5.41, 5.74) is 16.7. The van der Waals surface area contributed by atoms with Crippen LogP contribution in [0.1, 0.15) is 87.2 Å². The quantitative estimate of drug-likeness (QED) is 0.0587. The molecule has 14 rings (SSSR count). The molecule has 8 unspecified atom stereocenters. The third-order valence-corrected chi connectivity index (χ3v) is 34.8. The second kappa shape index (κ2) is 34.6. The van der Waals surface area contributed by atoms with Crippen molar-refractivity contribution in [3.63, 3.8) is 0 Å². The van der Waals surface area contributed by atoms with Crippen LogP contribution in [0.2, 0.25) is 36.3 Å². The van der Waals surface area contributed by atoms with E-state index < -0.39 is 191 Å². The highest BCUT2D eigenvalue weighted by atomic mass is 32.7. The van der Waals surface area contributed by atoms with Crippen molar-refractivity contribution < 1.29 is 102 Å². The average molecular weight is 1780 g/mol. The van der Waals surface area contributed by atoms with Gasteiger partial charge in [0, 0.05) is 28.0 Å². The smallest absolute Gasteiger partial charge is 0.280 e. The van der Waals surface area contributed by atoms with Crippen molar-refractivity contribution in [2.45, 2.75) is 197 Å². The van der Waals surface area contributed by atoms with Crippen LogP contribution in [0, 0.1) is 5.92 Å². The number of alkyl halides is 2. The normalized spacial score (nSPS) is 32.6. The Morgan fingerprint density at radius 2 is 0.956 bits per heavy atom. The van der Waals surface area contributed by atoms with Gasteiger partial charge in [-0.25, -0.2) is 48.7 Å². The molecule has 10 N–H and O–H groups in total. The predicted octanol–water partition coefficient (Wildman–Crippen LogP) is 2.59. The van der Waals surface area contributed by atoms with Gasteiger partial charge in [-0.3, -0.25) is 52.5 Å². The standard InChI is InChI=1S/C30H43FN10O11P2S2Si.C26H37FN10O10P2S2Si.C2H6O.B2/c1-13(2)25(42)38-29-37-24-18(26(43)39-29)36-12-41(24)28-21-20(52-57(6,7)30(3,4)5)15(49-28)9-47-53(44,55)50-19-14(8-46-54(45,56)51-21)48-27(16(19)31)40-11-35-17-22(32)33-10-34-23(17)40;1-26(2,3)52(4,5)47-17-12-7-42-48(39,50)45-16-11(43-23(13(16)27)36-9-32-14-19(28)30-8-31-20(14)36)6-41-49(40,51)46-18(17)24(44-12)37-10-33-15-21(37)34-25(29)35-22(15)38;1-2-3;1-2/h10-16,19-21,27-28H,8-9H2,1-7H3,(H,44,55)(H,45,56)(H2,32,33,34)(H2,37,38,39,42,43);8-13,16-18,23-24H,6-7H2,1-5H3,(H,39,50)(H,40,51)(H2,28,30,31)(H3,29,34,35,38);3H,2H2,1H3;/p-4/t14-,15-,16?,19+,20+,21?,27-,28-,53?,54?;11-,12-,13?,16+,17+,18?,23-,24-,48?,49?;;/m11../s1. The van der Waals surface area contributed by atoms with Gasteiger partial charge in [-0.05, 0) is 43.2 Å². The highest BCUT2D eigenvalue weighted by molar-refractivity contribution is 8.32. The second-order valence-corrected chi connectivity index (χ2v) is 50.1. The number of fused-ring (bicyclic) bond motifs is 10. The summed E-state index contributed by atoms with van der Waals surface area (Å²) in [4.78, 5) is 127. The summed E-state index contributed by atoms with van der Waals surface area (Å²) in [7, 11) is 2.53. The van der Waals surface area contributed by atoms with Gasteiger partial charge in [-0.15, -0.1) is 0 Å². The van der Waals surface area contributed by atoms with Crippen LogP contribution in [0.3, 0.4) is 0 Å². The number of aliphatic hydroxyl groups is 1. The van der Waals surface area contributed by atoms with E-state index in [1.165, 1.54) is 49.9 Å². The van der Waals surface area contributed by atoms with E-state index in [0.29, 0.717) is 0 Å². The van der Waals surface area contributed by atoms with Gasteiger partial charge in [-0.1, -0.05) is 90.8 Å². The number of amides is 1. The van der Waals surface area contributed by atoms with E-state index in [4.69, 9.17) is 134 Å². The van der Waals surface area contributed by atoms with Crippen molar-refractivity contribution >= 4 is 181 Å². The largest absolute Gasteiger partial charge is 0.780 e. The Morgan fingerprint density at radius 1 is 0.605 bits per heavy atom. The molecule has 0 aliphatic carbocycles. The number of hydrogen-bond donors (Lipinski definition) is 7. The Kier molecular flexibility index (Phi) is 27.2. The molecule has 4 radical (unpaired) electrons. The number of carbonyl (C=O) groups is 1. The Bertz CT molecular complexity index is 5180. The summed E-state index contributed by atoms with van der Waals surface area (Å²) in [6.07, 6.45) is -15.8. The van der Waals surface area contributed by atoms with Gasteiger partial charge in [0.2, 0.25) is 17.8 Å². The molecule has 622 valence electrons. The highest BCUT2D eigenvalue weighted by Gasteiger charge is 2.57. The Balaban J connectivity index is 0.000000214. The first-order valence-electron chi connectivity index (χ1n) is 34.8. The maximum absolute atomic E-state index is 16.4. The first kappa shape index (κ1) is 89.7. The number of nitrogens with one attached hydrogen (secondary N) is 3. The van der Waals surface area contributed by atoms with E-state index in [0.717, 1.165) is 6.33 Å². The van der Waals surface area contributed by atoms with Crippen LogP contribution in [0.4, 0.5) is 32.3 Å². The molecule has 20 atom stereocenters. The average Bonchev–Trinajstić information content (AvgIpc) is 1.47. The van der Waals surface area contributed by atoms with Crippen molar-refractivity contribution in [1.82, 2.24) is 78.1 Å². The van der Waals surface area contributed by atoms with Gasteiger partial charge in [0.15, 0.2) is 106 Å². The van der Waals surface area contributed by atoms with Crippen LogP contribution >= 0.6 is 27.0 Å². The fraction of sp³-hybridized carbons (Fsp3) is 0.638. The van der Waals surface area contributed by atoms with E-state index in [9.17, 15) is 33.6 Å². The summed E-state index contributed by atoms with van der Waals surface area (Å²) in [6.45, 7) is 4.32. The van der Waals surface area contributed by atoms with Gasteiger partial charge in [0.1, 0.15) is 105 Å². The Labute approximate surface area is 673 Å². The van der Waals surface area contributed by atoms with Crippen LogP contribution < -0.4 is 48.3 Å². The zero-order valence-corrected chi connectivity index (χ0v) is 72.0. The molecule has 6 aliphatic rings. The van der Waals surface area contributed by atoms with Gasteiger partial charge in [0.25, 0.3) is 11.1 Å². The monoisotopic (exact) mass is 1780 g/mol. The summed E-state index contributed by atoms with van der Waals surface area (Å²) in [5, 5.41) is 9.40. The van der Waals surface area contributed by atoms with Crippen LogP contribution in [-0.4, -0.2) is 228 Å². The SMILES string of the molecule is CC(C)(C)[Si](C)(C)O[C@@H]1C2OP([O-])(=S)OC[C@H]3O[C@@H](n4cnc5c(N)ncnc54)C(F)[C@H]3OP(=O)([S-])OC[C@H]1O[C@H]2n1cnc2c(=O)[nH]c(N)nc21.CC(C)C(=O)Nc1nc2c(ncn2[C@@H]2O[C@@H]3COP([O-])(=S)O[C@@H]4C(F)[C@H](n5cnc6c(N)ncnc65)O[C@@H]4COP([O-])(=S)OC2[C@H]3O[Si](C)(C)C(C)(C)C)c(=O)[nH]1.CCO.[B][B]. The van der Waals surface area contributed by atoms with Crippen molar-refractivity contribution in [2.24, 2.45) is 5.92 Å². The molecule has 114 heavy (non-hydrogen) atoms. The molecule has 42 nitrogen and oxygen atoms in total. The van der Waals surface area contributed by atoms with Gasteiger partial charge in [-0.2, -0.15) is 9.97 Å². The van der Waals surface area contributed by atoms with Crippen LogP contribution in [-0.2, 0) is 121 Å². The maximum atomic E-state index is 16.4. The number of rotatable bonds is 10. The van der Waals surface area contributed by atoms with Gasteiger partial charge in [0.05, 0.1) is 51.7 Å². The molecule has 4 bridgehead atoms. The predicted molar refractivity (Wildman–Crippen MR) is 419 cm³/mol. The number of nitrogens with two attached hydrogens (primary N) is 3. The number of aliphatic hydroxyl groups excluding tert-OH is 1. The zero-order chi connectivity index (χ0) is 83.7. The van der Waals surface area contributed by atoms with Crippen molar-refractivity contribution in [3.05, 3.63) is 58.7 Å². The highest BCUT2D eigenvalue weighted by Crippen LogP contribution is 2.57. The van der Waals surface area contributed by atoms with Crippen molar-refractivity contribution in [2.75, 3.05) is 55.6 Å². The minimum Gasteiger partial charge on any atom is -0.780 e. The number of H-pyrrole nitrogens is 2. The van der Waals surface area contributed by atoms with Crippen molar-refractivity contribution in [3.8, 4) is 0 Å². The topological polar surface area (TPSA) is 557 Å². The minimum absolute atomic E-state index is 0.00674. The van der Waals surface area contributed by atoms with Crippen LogP contribution in [0.25, 0.3) is 44.7 Å². The van der Waals surface area contributed by atoms with Crippen molar-refractivity contribution in [1.29, 1.82) is 0 Å². The molecule has 0 aromatic carbocycles. The molecular weight excluding hydrogens is 1700 g/mol. The molecule has 8 aromatic heterocycles. The number of nitrogens with zero attached hydrogens (tertiary/aromatic N) is 14. The molecule has 6 fully saturated rings. The lowest BCUT2D eigenvalue weighted by Gasteiger charge is -2.42. The number of carbonyl (C=O) groups excluding carboxylic acids is 1. The molecule has 6 aliphatic heterocycles. The first-order chi connectivity index (χ1) is 53.2. The Hall–Kier alpha value is -5.10. The summed E-state index contributed by atoms with van der Waals surface area (Å²) < 4.78 is 136. The van der Waals surface area contributed by atoms with E-state index in [1.54, 1.807) is 20.8 Å². The van der Waals surface area contributed by atoms with Gasteiger partial charge < -0.3 is 113 Å². The van der Waals surface area contributed by atoms with Crippen LogP contribution in [0.5, 0.6) is 0 Å². The summed E-state index contributed by atoms with van der Waals surface area (Å²) in [6, 6.07) is 0. The number of aromatic amines is 2.